The highest BCUT2D eigenvalue weighted by molar-refractivity contribution is 6.35. The Morgan fingerprint density at radius 1 is 1.00 bits per heavy atom. The van der Waals surface area contributed by atoms with Crippen LogP contribution in [0.1, 0.15) is 38.5 Å². The molecule has 85 valence electrons. The molecule has 0 bridgehead atoms. The lowest BCUT2D eigenvalue weighted by molar-refractivity contribution is -0.140. The molecule has 0 saturated carbocycles. The highest BCUT2D eigenvalue weighted by Gasteiger charge is 2.08. The monoisotopic (exact) mass is 214 g/mol. The molecule has 1 amide bonds. The van der Waals surface area contributed by atoms with Gasteiger partial charge in [0.25, 0.3) is 0 Å². The maximum absolute atomic E-state index is 10.7. The summed E-state index contributed by atoms with van der Waals surface area (Å²) in [4.78, 5) is 31.7. The Balaban J connectivity index is 3.29. The minimum absolute atomic E-state index is 0.139. The zero-order chi connectivity index (χ0) is 11.7. The van der Waals surface area contributed by atoms with Crippen molar-refractivity contribution >= 4 is 17.7 Å². The quantitative estimate of drug-likeness (QED) is 0.341. The van der Waals surface area contributed by atoms with Crippen molar-refractivity contribution in [1.29, 1.82) is 0 Å². The summed E-state index contributed by atoms with van der Waals surface area (Å²) >= 11 is 0. The molecule has 0 spiro atoms. The van der Waals surface area contributed by atoms with E-state index in [4.69, 9.17) is 5.73 Å². The van der Waals surface area contributed by atoms with Crippen LogP contribution in [0.15, 0.2) is 0 Å². The van der Waals surface area contributed by atoms with Crippen molar-refractivity contribution in [3.05, 3.63) is 0 Å². The number of carbonyl (C=O) groups is 3. The fourth-order valence-corrected chi connectivity index (χ4v) is 1.12. The van der Waals surface area contributed by atoms with Gasteiger partial charge in [0, 0.05) is 12.8 Å². The lowest BCUT2D eigenvalue weighted by Crippen LogP contribution is -2.13. The average Bonchev–Trinajstić information content (AvgIpc) is 2.22. The normalized spacial score (nSPS) is 9.67. The van der Waals surface area contributed by atoms with Crippen molar-refractivity contribution in [3.63, 3.8) is 0 Å². The van der Waals surface area contributed by atoms with E-state index in [9.17, 15) is 14.4 Å². The average molecular weight is 214 g/mol. The van der Waals surface area contributed by atoms with Gasteiger partial charge in [-0.05, 0) is 12.8 Å². The van der Waals surface area contributed by atoms with E-state index in [1.807, 2.05) is 0 Å². The van der Waals surface area contributed by atoms with Gasteiger partial charge in [0.1, 0.15) is 0 Å². The number of hydrogen-bond donors (Lipinski definition) is 0. The van der Waals surface area contributed by atoms with Gasteiger partial charge in [0.15, 0.2) is 0 Å². The van der Waals surface area contributed by atoms with Crippen LogP contribution in [-0.2, 0) is 19.1 Å². The molecule has 0 atom stereocenters. The van der Waals surface area contributed by atoms with Crippen LogP contribution in [0.3, 0.4) is 0 Å². The van der Waals surface area contributed by atoms with E-state index < -0.39 is 11.7 Å². The lowest BCUT2D eigenvalue weighted by atomic mass is 10.1. The lowest BCUT2D eigenvalue weighted by Gasteiger charge is -1.99. The van der Waals surface area contributed by atoms with E-state index in [0.29, 0.717) is 12.8 Å². The number of Topliss-reactive ketones (excluding diaryl/α,β-unsaturated/α-hetero) is 1. The van der Waals surface area contributed by atoms with Gasteiger partial charge in [0.05, 0.1) is 7.11 Å². The van der Waals surface area contributed by atoms with Crippen molar-refractivity contribution in [3.8, 4) is 0 Å². The summed E-state index contributed by atoms with van der Waals surface area (Å²) in [7, 11) is 1.35. The Bertz CT molecular complexity index is 238. The van der Waals surface area contributed by atoms with Gasteiger partial charge in [-0.25, -0.2) is 0 Å². The molecule has 0 heterocycles. The van der Waals surface area contributed by atoms with E-state index in [0.717, 1.165) is 19.3 Å². The first-order chi connectivity index (χ1) is 7.07. The number of unbranched alkanes of at least 4 members (excludes halogenated alkanes) is 3. The van der Waals surface area contributed by atoms with E-state index in [1.165, 1.54) is 7.11 Å². The third kappa shape index (κ3) is 7.66. The maximum atomic E-state index is 10.7. The molecule has 1 radical (unpaired) electrons. The second kappa shape index (κ2) is 7.96. The molecule has 0 aliphatic heterocycles. The summed E-state index contributed by atoms with van der Waals surface area (Å²) in [6.45, 7) is 0. The molecule has 0 rings (SSSR count). The third-order valence-electron chi connectivity index (χ3n) is 2.02. The largest absolute Gasteiger partial charge is 0.469 e. The maximum Gasteiger partial charge on any atom is 0.305 e. The SMILES string of the molecule is COC(=O)CCCCCCC(=O)C([NH])=O. The third-order valence-corrected chi connectivity index (χ3v) is 2.02. The number of esters is 1. The summed E-state index contributed by atoms with van der Waals surface area (Å²) in [5, 5.41) is 0. The first-order valence-electron chi connectivity index (χ1n) is 4.93. The molecule has 5 heteroatoms. The molecule has 5 nitrogen and oxygen atoms in total. The molecule has 0 aromatic heterocycles. The van der Waals surface area contributed by atoms with Crippen molar-refractivity contribution in [1.82, 2.24) is 5.73 Å². The first-order valence-corrected chi connectivity index (χ1v) is 4.93. The molecule has 0 unspecified atom stereocenters. The van der Waals surface area contributed by atoms with Crippen LogP contribution in [0, 0.1) is 0 Å². The van der Waals surface area contributed by atoms with Crippen molar-refractivity contribution in [2.45, 2.75) is 38.5 Å². The highest BCUT2D eigenvalue weighted by Crippen LogP contribution is 2.06. The van der Waals surface area contributed by atoms with E-state index in [-0.39, 0.29) is 12.4 Å². The van der Waals surface area contributed by atoms with Gasteiger partial charge in [-0.15, -0.1) is 0 Å². The zero-order valence-electron chi connectivity index (χ0n) is 8.88. The van der Waals surface area contributed by atoms with Gasteiger partial charge < -0.3 is 4.74 Å². The van der Waals surface area contributed by atoms with Crippen LogP contribution in [0.4, 0.5) is 0 Å². The summed E-state index contributed by atoms with van der Waals surface area (Å²) < 4.78 is 4.46. The molecule has 15 heavy (non-hydrogen) atoms. The van der Waals surface area contributed by atoms with Gasteiger partial charge in [-0.2, -0.15) is 0 Å². The topological polar surface area (TPSA) is 84.2 Å². The zero-order valence-corrected chi connectivity index (χ0v) is 8.88. The molecular formula is C10H16NO4. The van der Waals surface area contributed by atoms with Crippen LogP contribution < -0.4 is 5.73 Å². The van der Waals surface area contributed by atoms with E-state index in [2.05, 4.69) is 4.74 Å². The Kier molecular flexibility index (Phi) is 7.23. The first kappa shape index (κ1) is 13.6. The number of amides is 1. The molecule has 0 aromatic rings. The van der Waals surface area contributed by atoms with Gasteiger partial charge >= 0.3 is 11.9 Å². The molecular weight excluding hydrogens is 198 g/mol. The van der Waals surface area contributed by atoms with Crippen LogP contribution >= 0.6 is 0 Å². The summed E-state index contributed by atoms with van der Waals surface area (Å²) in [6.07, 6.45) is 3.48. The number of hydrogen-bond acceptors (Lipinski definition) is 4. The Labute approximate surface area is 89.0 Å². The Morgan fingerprint density at radius 3 is 2.00 bits per heavy atom. The van der Waals surface area contributed by atoms with Gasteiger partial charge in [-0.1, -0.05) is 12.8 Å². The van der Waals surface area contributed by atoms with E-state index >= 15 is 0 Å². The van der Waals surface area contributed by atoms with E-state index in [1.54, 1.807) is 0 Å². The number of ether oxygens (including phenoxy) is 1. The standard InChI is InChI=1S/C10H16NO4/c1-15-9(13)7-5-3-2-4-6-8(12)10(11)14/h11H,2-7H2,1H3. The highest BCUT2D eigenvalue weighted by atomic mass is 16.5. The second-order valence-corrected chi connectivity index (χ2v) is 3.24. The van der Waals surface area contributed by atoms with Crippen LogP contribution in [-0.4, -0.2) is 24.8 Å². The van der Waals surface area contributed by atoms with Crippen LogP contribution in [0.2, 0.25) is 0 Å². The fraction of sp³-hybridized carbons (Fsp3) is 0.700. The number of ketones is 1. The Hall–Kier alpha value is -1.39. The molecule has 0 aliphatic rings. The molecule has 0 aliphatic carbocycles. The minimum atomic E-state index is -1.12. The number of rotatable bonds is 8. The van der Waals surface area contributed by atoms with Gasteiger partial charge in [-0.3, -0.25) is 20.1 Å². The summed E-state index contributed by atoms with van der Waals surface area (Å²) in [5.41, 5.74) is 6.53. The summed E-state index contributed by atoms with van der Waals surface area (Å²) in [5.74, 6) is -1.99. The number of nitrogens with one attached hydrogen (secondary N) is 1. The minimum Gasteiger partial charge on any atom is -0.469 e. The van der Waals surface area contributed by atoms with Crippen LogP contribution in [0.25, 0.3) is 0 Å². The second-order valence-electron chi connectivity index (χ2n) is 3.24. The fourth-order valence-electron chi connectivity index (χ4n) is 1.12. The predicted octanol–water partition coefficient (Wildman–Crippen LogP) is 0.879. The van der Waals surface area contributed by atoms with Crippen molar-refractivity contribution in [2.75, 3.05) is 7.11 Å². The summed E-state index contributed by atoms with van der Waals surface area (Å²) in [6, 6.07) is 0. The van der Waals surface area contributed by atoms with Crippen LogP contribution in [0.5, 0.6) is 0 Å². The van der Waals surface area contributed by atoms with Gasteiger partial charge in [0.2, 0.25) is 5.78 Å². The molecule has 0 aromatic carbocycles. The number of methoxy groups -OCH3 is 1. The Morgan fingerprint density at radius 2 is 1.53 bits per heavy atom. The molecule has 0 fully saturated rings. The predicted molar refractivity (Wildman–Crippen MR) is 52.8 cm³/mol. The smallest absolute Gasteiger partial charge is 0.305 e. The molecule has 1 N–H and O–H groups in total. The number of carbonyl (C=O) groups excluding carboxylic acids is 3. The van der Waals surface area contributed by atoms with Crippen molar-refractivity contribution in [2.24, 2.45) is 0 Å². The van der Waals surface area contributed by atoms with Crippen molar-refractivity contribution < 1.29 is 19.1 Å². The molecule has 0 saturated heterocycles.